The van der Waals surface area contributed by atoms with Gasteiger partial charge in [-0.1, -0.05) is 86.5 Å². The van der Waals surface area contributed by atoms with Crippen LogP contribution in [0.15, 0.2) is 66.7 Å². The SMILES string of the molecule is BrCc1ccc(-c2cccc(-c3ccc(CBr)cc3)n2)cc1. The topological polar surface area (TPSA) is 12.9 Å². The molecule has 3 rings (SSSR count). The Morgan fingerprint density at radius 1 is 0.591 bits per heavy atom. The zero-order chi connectivity index (χ0) is 15.4. The molecule has 0 saturated carbocycles. The van der Waals surface area contributed by atoms with Gasteiger partial charge in [0.15, 0.2) is 0 Å². The molecule has 1 aromatic heterocycles. The zero-order valence-electron chi connectivity index (χ0n) is 12.0. The van der Waals surface area contributed by atoms with Crippen LogP contribution in [0.25, 0.3) is 22.5 Å². The van der Waals surface area contributed by atoms with Crippen molar-refractivity contribution in [2.45, 2.75) is 10.7 Å². The first-order valence-electron chi connectivity index (χ1n) is 7.08. The van der Waals surface area contributed by atoms with Gasteiger partial charge in [0, 0.05) is 21.8 Å². The molecule has 1 nitrogen and oxygen atoms in total. The predicted octanol–water partition coefficient (Wildman–Crippen LogP) is 6.21. The number of hydrogen-bond acceptors (Lipinski definition) is 1. The van der Waals surface area contributed by atoms with Crippen molar-refractivity contribution in [3.8, 4) is 22.5 Å². The largest absolute Gasteiger partial charge is 0.248 e. The fraction of sp³-hybridized carbons (Fsp3) is 0.105. The summed E-state index contributed by atoms with van der Waals surface area (Å²) in [5.41, 5.74) is 6.83. The fourth-order valence-corrected chi connectivity index (χ4v) is 3.03. The van der Waals surface area contributed by atoms with Gasteiger partial charge in [-0.05, 0) is 23.3 Å². The molecule has 0 spiro atoms. The van der Waals surface area contributed by atoms with E-state index in [4.69, 9.17) is 4.98 Å². The van der Waals surface area contributed by atoms with Gasteiger partial charge in [-0.15, -0.1) is 0 Å². The molecule has 0 radical (unpaired) electrons. The van der Waals surface area contributed by atoms with E-state index in [-0.39, 0.29) is 0 Å². The maximum atomic E-state index is 4.80. The minimum Gasteiger partial charge on any atom is -0.248 e. The second-order valence-electron chi connectivity index (χ2n) is 5.07. The molecule has 0 aliphatic carbocycles. The molecule has 0 amide bonds. The highest BCUT2D eigenvalue weighted by atomic mass is 79.9. The van der Waals surface area contributed by atoms with Gasteiger partial charge in [-0.25, -0.2) is 4.98 Å². The first-order valence-corrected chi connectivity index (χ1v) is 9.32. The van der Waals surface area contributed by atoms with Crippen LogP contribution in [0.1, 0.15) is 11.1 Å². The van der Waals surface area contributed by atoms with E-state index in [1.54, 1.807) is 0 Å². The minimum atomic E-state index is 0.876. The summed E-state index contributed by atoms with van der Waals surface area (Å²) in [6, 6.07) is 23.2. The van der Waals surface area contributed by atoms with Crippen LogP contribution in [0.4, 0.5) is 0 Å². The quantitative estimate of drug-likeness (QED) is 0.461. The lowest BCUT2D eigenvalue weighted by Crippen LogP contribution is -1.88. The van der Waals surface area contributed by atoms with Crippen LogP contribution in [0.3, 0.4) is 0 Å². The maximum absolute atomic E-state index is 4.80. The summed E-state index contributed by atoms with van der Waals surface area (Å²) in [6.45, 7) is 0. The molecule has 3 heteroatoms. The number of pyridine rings is 1. The Hall–Kier alpha value is -1.45. The minimum absolute atomic E-state index is 0.876. The third kappa shape index (κ3) is 3.47. The van der Waals surface area contributed by atoms with Gasteiger partial charge < -0.3 is 0 Å². The van der Waals surface area contributed by atoms with Crippen molar-refractivity contribution in [1.82, 2.24) is 4.98 Å². The second-order valence-corrected chi connectivity index (χ2v) is 6.19. The molecule has 0 aliphatic rings. The summed E-state index contributed by atoms with van der Waals surface area (Å²) in [7, 11) is 0. The number of benzene rings is 2. The number of rotatable bonds is 4. The smallest absolute Gasteiger partial charge is 0.0709 e. The van der Waals surface area contributed by atoms with Crippen LogP contribution < -0.4 is 0 Å². The van der Waals surface area contributed by atoms with Crippen molar-refractivity contribution in [2.24, 2.45) is 0 Å². The number of halogens is 2. The molecule has 0 atom stereocenters. The molecule has 0 saturated heterocycles. The first kappa shape index (κ1) is 15.4. The summed E-state index contributed by atoms with van der Waals surface area (Å²) in [5.74, 6) is 0. The van der Waals surface area contributed by atoms with Crippen LogP contribution in [0.2, 0.25) is 0 Å². The van der Waals surface area contributed by atoms with Crippen LogP contribution in [0.5, 0.6) is 0 Å². The van der Waals surface area contributed by atoms with Crippen molar-refractivity contribution >= 4 is 31.9 Å². The Bertz CT molecular complexity index is 686. The Morgan fingerprint density at radius 3 is 1.36 bits per heavy atom. The van der Waals surface area contributed by atoms with Crippen molar-refractivity contribution in [3.05, 3.63) is 77.9 Å². The maximum Gasteiger partial charge on any atom is 0.0709 e. The molecule has 0 N–H and O–H groups in total. The highest BCUT2D eigenvalue weighted by Crippen LogP contribution is 2.24. The van der Waals surface area contributed by atoms with E-state index in [1.807, 2.05) is 0 Å². The molecule has 0 unspecified atom stereocenters. The summed E-state index contributed by atoms with van der Waals surface area (Å²) < 4.78 is 0. The molecule has 1 heterocycles. The van der Waals surface area contributed by atoms with Crippen molar-refractivity contribution in [3.63, 3.8) is 0 Å². The molecule has 3 aromatic rings. The van der Waals surface area contributed by atoms with Gasteiger partial charge in [0.25, 0.3) is 0 Å². The van der Waals surface area contributed by atoms with E-state index in [0.717, 1.165) is 33.2 Å². The standard InChI is InChI=1S/C19H15Br2N/c20-12-14-4-8-16(9-5-14)18-2-1-3-19(22-18)17-10-6-15(13-21)7-11-17/h1-11H,12-13H2. The molecule has 0 bridgehead atoms. The lowest BCUT2D eigenvalue weighted by Gasteiger charge is -2.06. The summed E-state index contributed by atoms with van der Waals surface area (Å²) in [6.07, 6.45) is 0. The number of alkyl halides is 2. The number of aromatic nitrogens is 1. The molecule has 0 aliphatic heterocycles. The average Bonchev–Trinajstić information content (AvgIpc) is 2.62. The summed E-state index contributed by atoms with van der Waals surface area (Å²) in [5, 5.41) is 1.75. The van der Waals surface area contributed by atoms with Crippen molar-refractivity contribution < 1.29 is 0 Å². The lowest BCUT2D eigenvalue weighted by molar-refractivity contribution is 1.31. The molecule has 22 heavy (non-hydrogen) atoms. The van der Waals surface area contributed by atoms with E-state index in [1.165, 1.54) is 11.1 Å². The highest BCUT2D eigenvalue weighted by molar-refractivity contribution is 9.08. The Morgan fingerprint density at radius 2 is 1.00 bits per heavy atom. The van der Waals surface area contributed by atoms with Gasteiger partial charge >= 0.3 is 0 Å². The average molecular weight is 417 g/mol. The summed E-state index contributed by atoms with van der Waals surface area (Å²) >= 11 is 6.95. The first-order chi connectivity index (χ1) is 10.8. The molecular formula is C19H15Br2N. The van der Waals surface area contributed by atoms with E-state index >= 15 is 0 Å². The van der Waals surface area contributed by atoms with Gasteiger partial charge in [0.05, 0.1) is 11.4 Å². The van der Waals surface area contributed by atoms with Gasteiger partial charge in [-0.3, -0.25) is 0 Å². The highest BCUT2D eigenvalue weighted by Gasteiger charge is 2.04. The van der Waals surface area contributed by atoms with Gasteiger partial charge in [0.1, 0.15) is 0 Å². The van der Waals surface area contributed by atoms with E-state index in [9.17, 15) is 0 Å². The fourth-order valence-electron chi connectivity index (χ4n) is 2.29. The summed E-state index contributed by atoms with van der Waals surface area (Å²) in [4.78, 5) is 4.80. The molecule has 0 fully saturated rings. The predicted molar refractivity (Wildman–Crippen MR) is 100 cm³/mol. The van der Waals surface area contributed by atoms with Crippen molar-refractivity contribution in [2.75, 3.05) is 0 Å². The lowest BCUT2D eigenvalue weighted by atomic mass is 10.1. The van der Waals surface area contributed by atoms with Crippen LogP contribution in [-0.2, 0) is 10.7 Å². The molecular weight excluding hydrogens is 402 g/mol. The van der Waals surface area contributed by atoms with Crippen LogP contribution >= 0.6 is 31.9 Å². The third-order valence-corrected chi connectivity index (χ3v) is 4.85. The third-order valence-electron chi connectivity index (χ3n) is 3.56. The number of hydrogen-bond donors (Lipinski definition) is 0. The Labute approximate surface area is 147 Å². The van der Waals surface area contributed by atoms with E-state index in [0.29, 0.717) is 0 Å². The van der Waals surface area contributed by atoms with Crippen LogP contribution in [-0.4, -0.2) is 4.98 Å². The van der Waals surface area contributed by atoms with Gasteiger partial charge in [-0.2, -0.15) is 0 Å². The van der Waals surface area contributed by atoms with Crippen molar-refractivity contribution in [1.29, 1.82) is 0 Å². The normalized spacial score (nSPS) is 10.6. The molecule has 110 valence electrons. The van der Waals surface area contributed by atoms with Crippen LogP contribution in [0, 0.1) is 0 Å². The Balaban J connectivity index is 1.93. The zero-order valence-corrected chi connectivity index (χ0v) is 15.1. The number of nitrogens with zero attached hydrogens (tertiary/aromatic N) is 1. The molecule has 2 aromatic carbocycles. The second kappa shape index (κ2) is 7.21. The van der Waals surface area contributed by atoms with Gasteiger partial charge in [0.2, 0.25) is 0 Å². The monoisotopic (exact) mass is 415 g/mol. The van der Waals surface area contributed by atoms with E-state index < -0.39 is 0 Å². The van der Waals surface area contributed by atoms with E-state index in [2.05, 4.69) is 98.6 Å². The Kier molecular flexibility index (Phi) is 5.06.